The summed E-state index contributed by atoms with van der Waals surface area (Å²) in [5, 5.41) is 5.45. The molecule has 1 aromatic rings. The highest BCUT2D eigenvalue weighted by Gasteiger charge is 2.27. The highest BCUT2D eigenvalue weighted by molar-refractivity contribution is 7.09. The van der Waals surface area contributed by atoms with Crippen LogP contribution >= 0.6 is 11.3 Å². The molecule has 0 bridgehead atoms. The van der Waals surface area contributed by atoms with Crippen molar-refractivity contribution < 1.29 is 9.59 Å². The minimum absolute atomic E-state index is 0.126. The van der Waals surface area contributed by atoms with Crippen molar-refractivity contribution in [2.24, 2.45) is 5.92 Å². The summed E-state index contributed by atoms with van der Waals surface area (Å²) in [6, 6.07) is 0. The molecule has 1 aromatic heterocycles. The van der Waals surface area contributed by atoms with Crippen molar-refractivity contribution >= 4 is 23.2 Å². The monoisotopic (exact) mass is 337 g/mol. The second kappa shape index (κ2) is 9.01. The predicted octanol–water partition coefficient (Wildman–Crippen LogP) is 3.21. The molecule has 0 aromatic carbocycles. The minimum Gasteiger partial charge on any atom is -0.351 e. The van der Waals surface area contributed by atoms with Crippen LogP contribution in [0.2, 0.25) is 0 Å². The zero-order valence-corrected chi connectivity index (χ0v) is 15.0. The normalized spacial score (nSPS) is 14.9. The molecule has 23 heavy (non-hydrogen) atoms. The fourth-order valence-electron chi connectivity index (χ4n) is 2.95. The van der Waals surface area contributed by atoms with Gasteiger partial charge in [0.2, 0.25) is 5.91 Å². The lowest BCUT2D eigenvalue weighted by Crippen LogP contribution is -2.35. The van der Waals surface area contributed by atoms with Crippen LogP contribution in [0, 0.1) is 5.92 Å². The third-order valence-corrected chi connectivity index (χ3v) is 4.99. The van der Waals surface area contributed by atoms with Crippen molar-refractivity contribution in [3.05, 3.63) is 16.1 Å². The van der Waals surface area contributed by atoms with Gasteiger partial charge in [-0.25, -0.2) is 4.98 Å². The SMILES string of the molecule is CCCNC(=O)c1csc(CN(CCC)C(=O)C2CCCC2)n1. The third kappa shape index (κ3) is 5.03. The number of nitrogens with one attached hydrogen (secondary N) is 1. The van der Waals surface area contributed by atoms with Gasteiger partial charge in [-0.05, 0) is 25.7 Å². The highest BCUT2D eigenvalue weighted by atomic mass is 32.1. The van der Waals surface area contributed by atoms with E-state index in [1.807, 2.05) is 11.8 Å². The van der Waals surface area contributed by atoms with Crippen molar-refractivity contribution in [1.29, 1.82) is 0 Å². The first kappa shape index (κ1) is 17.9. The molecule has 0 atom stereocenters. The van der Waals surface area contributed by atoms with Crippen LogP contribution in [-0.4, -0.2) is 34.8 Å². The minimum atomic E-state index is -0.126. The van der Waals surface area contributed by atoms with Crippen molar-refractivity contribution in [2.45, 2.75) is 58.9 Å². The molecule has 0 aliphatic heterocycles. The number of thiazole rings is 1. The fourth-order valence-corrected chi connectivity index (χ4v) is 3.74. The van der Waals surface area contributed by atoms with Gasteiger partial charge in [0.1, 0.15) is 10.7 Å². The van der Waals surface area contributed by atoms with Crippen molar-refractivity contribution in [2.75, 3.05) is 13.1 Å². The van der Waals surface area contributed by atoms with Crippen molar-refractivity contribution in [3.8, 4) is 0 Å². The lowest BCUT2D eigenvalue weighted by atomic mass is 10.1. The predicted molar refractivity (Wildman–Crippen MR) is 92.4 cm³/mol. The maximum atomic E-state index is 12.6. The molecule has 2 rings (SSSR count). The summed E-state index contributed by atoms with van der Waals surface area (Å²) in [6.45, 7) is 6.04. The summed E-state index contributed by atoms with van der Waals surface area (Å²) >= 11 is 1.46. The zero-order valence-electron chi connectivity index (χ0n) is 14.1. The molecule has 128 valence electrons. The summed E-state index contributed by atoms with van der Waals surface area (Å²) in [5.74, 6) is 0.323. The summed E-state index contributed by atoms with van der Waals surface area (Å²) < 4.78 is 0. The molecular formula is C17H27N3O2S. The Morgan fingerprint density at radius 1 is 1.30 bits per heavy atom. The number of hydrogen-bond donors (Lipinski definition) is 1. The Hall–Kier alpha value is -1.43. The molecule has 0 radical (unpaired) electrons. The molecule has 0 saturated heterocycles. The van der Waals surface area contributed by atoms with Crippen LogP contribution in [0.25, 0.3) is 0 Å². The third-order valence-electron chi connectivity index (χ3n) is 4.16. The van der Waals surface area contributed by atoms with Crippen LogP contribution in [0.15, 0.2) is 5.38 Å². The number of rotatable bonds is 8. The van der Waals surface area contributed by atoms with Gasteiger partial charge in [-0.2, -0.15) is 0 Å². The van der Waals surface area contributed by atoms with Crippen LogP contribution in [0.3, 0.4) is 0 Å². The van der Waals surface area contributed by atoms with E-state index in [2.05, 4.69) is 17.2 Å². The molecule has 1 aliphatic rings. The molecule has 6 heteroatoms. The number of amides is 2. The van der Waals surface area contributed by atoms with Crippen molar-refractivity contribution in [3.63, 3.8) is 0 Å². The number of carbonyl (C=O) groups excluding carboxylic acids is 2. The molecule has 0 spiro atoms. The molecule has 1 fully saturated rings. The largest absolute Gasteiger partial charge is 0.351 e. The van der Waals surface area contributed by atoms with Gasteiger partial charge >= 0.3 is 0 Å². The van der Waals surface area contributed by atoms with Gasteiger partial charge in [0.15, 0.2) is 0 Å². The zero-order chi connectivity index (χ0) is 16.7. The van der Waals surface area contributed by atoms with Gasteiger partial charge in [0, 0.05) is 24.4 Å². The molecule has 1 N–H and O–H groups in total. The lowest BCUT2D eigenvalue weighted by Gasteiger charge is -2.24. The average molecular weight is 337 g/mol. The van der Waals surface area contributed by atoms with E-state index in [1.54, 1.807) is 5.38 Å². The Balaban J connectivity index is 1.98. The highest BCUT2D eigenvalue weighted by Crippen LogP contribution is 2.27. The molecule has 2 amide bonds. The molecule has 0 unspecified atom stereocenters. The van der Waals surface area contributed by atoms with Gasteiger partial charge in [0.05, 0.1) is 6.54 Å². The Bertz CT molecular complexity index is 524. The summed E-state index contributed by atoms with van der Waals surface area (Å²) in [5.41, 5.74) is 0.461. The van der Waals surface area contributed by atoms with Crippen LogP contribution in [-0.2, 0) is 11.3 Å². The standard InChI is InChI=1S/C17H27N3O2S/c1-3-9-18-16(21)14-12-23-15(19-14)11-20(10-4-2)17(22)13-7-5-6-8-13/h12-13H,3-11H2,1-2H3,(H,18,21). The first-order valence-corrected chi connectivity index (χ1v) is 9.55. The van der Waals surface area contributed by atoms with Crippen molar-refractivity contribution in [1.82, 2.24) is 15.2 Å². The van der Waals surface area contributed by atoms with Gasteiger partial charge in [0.25, 0.3) is 5.91 Å². The van der Waals surface area contributed by atoms with E-state index in [4.69, 9.17) is 0 Å². The van der Waals surface area contributed by atoms with Crippen LogP contribution in [0.1, 0.15) is 67.9 Å². The Morgan fingerprint density at radius 2 is 2.04 bits per heavy atom. The van der Waals surface area contributed by atoms with Crippen LogP contribution < -0.4 is 5.32 Å². The average Bonchev–Trinajstić information content (AvgIpc) is 3.23. The van der Waals surface area contributed by atoms with E-state index >= 15 is 0 Å². The van der Waals surface area contributed by atoms with E-state index in [1.165, 1.54) is 11.3 Å². The number of hydrogen-bond acceptors (Lipinski definition) is 4. The molecule has 1 saturated carbocycles. The van der Waals surface area contributed by atoms with E-state index in [0.717, 1.165) is 50.1 Å². The quantitative estimate of drug-likeness (QED) is 0.792. The van der Waals surface area contributed by atoms with Gasteiger partial charge in [-0.1, -0.05) is 26.7 Å². The van der Waals surface area contributed by atoms with E-state index in [0.29, 0.717) is 18.8 Å². The van der Waals surface area contributed by atoms with E-state index in [-0.39, 0.29) is 17.7 Å². The van der Waals surface area contributed by atoms with E-state index < -0.39 is 0 Å². The topological polar surface area (TPSA) is 62.3 Å². The van der Waals surface area contributed by atoms with Crippen LogP contribution in [0.4, 0.5) is 0 Å². The Morgan fingerprint density at radius 3 is 2.70 bits per heavy atom. The van der Waals surface area contributed by atoms with Gasteiger partial charge in [-0.3, -0.25) is 9.59 Å². The Labute approximate surface area is 142 Å². The molecule has 1 heterocycles. The second-order valence-corrected chi connectivity index (χ2v) is 7.07. The summed E-state index contributed by atoms with van der Waals surface area (Å²) in [6.07, 6.45) is 6.20. The number of carbonyl (C=O) groups is 2. The summed E-state index contributed by atoms with van der Waals surface area (Å²) in [4.78, 5) is 30.9. The molecule has 1 aliphatic carbocycles. The smallest absolute Gasteiger partial charge is 0.270 e. The molecular weight excluding hydrogens is 310 g/mol. The Kier molecular flexibility index (Phi) is 7.02. The first-order chi connectivity index (χ1) is 11.2. The first-order valence-electron chi connectivity index (χ1n) is 8.67. The van der Waals surface area contributed by atoms with Gasteiger partial charge < -0.3 is 10.2 Å². The van der Waals surface area contributed by atoms with Crippen LogP contribution in [0.5, 0.6) is 0 Å². The summed E-state index contributed by atoms with van der Waals surface area (Å²) in [7, 11) is 0. The molecule has 5 nitrogen and oxygen atoms in total. The number of nitrogens with zero attached hydrogens (tertiary/aromatic N) is 2. The van der Waals surface area contributed by atoms with E-state index in [9.17, 15) is 9.59 Å². The number of aromatic nitrogens is 1. The fraction of sp³-hybridized carbons (Fsp3) is 0.706. The van der Waals surface area contributed by atoms with Gasteiger partial charge in [-0.15, -0.1) is 11.3 Å². The lowest BCUT2D eigenvalue weighted by molar-refractivity contribution is -0.136. The maximum absolute atomic E-state index is 12.6. The second-order valence-electron chi connectivity index (χ2n) is 6.12. The maximum Gasteiger partial charge on any atom is 0.270 e.